The SMILES string of the molecule is COC(=O)[C@H](C)Sc1nc(-c2ccco2)nc2ccccc12. The van der Waals surface area contributed by atoms with Gasteiger partial charge in [-0.15, -0.1) is 0 Å². The standard InChI is InChI=1S/C16H14N2O3S/c1-10(16(19)20-2)22-15-11-6-3-4-7-12(11)17-14(18-15)13-8-5-9-21-13/h3-10H,1-2H3/t10-/m0/s1. The van der Waals surface area contributed by atoms with Crippen LogP contribution >= 0.6 is 11.8 Å². The maximum absolute atomic E-state index is 11.7. The van der Waals surface area contributed by atoms with Gasteiger partial charge >= 0.3 is 5.97 Å². The number of nitrogens with zero attached hydrogens (tertiary/aromatic N) is 2. The predicted octanol–water partition coefficient (Wildman–Crippen LogP) is 3.54. The number of benzene rings is 1. The molecule has 0 bridgehead atoms. The first-order valence-electron chi connectivity index (χ1n) is 6.74. The number of thioether (sulfide) groups is 1. The van der Waals surface area contributed by atoms with E-state index in [1.807, 2.05) is 30.3 Å². The Bertz CT molecular complexity index is 802. The van der Waals surface area contributed by atoms with E-state index in [4.69, 9.17) is 9.15 Å². The van der Waals surface area contributed by atoms with Crippen LogP contribution in [0.5, 0.6) is 0 Å². The molecular formula is C16H14N2O3S. The number of rotatable bonds is 4. The molecule has 22 heavy (non-hydrogen) atoms. The van der Waals surface area contributed by atoms with Crippen LogP contribution in [0.2, 0.25) is 0 Å². The summed E-state index contributed by atoms with van der Waals surface area (Å²) >= 11 is 1.35. The van der Waals surface area contributed by atoms with Crippen LogP contribution < -0.4 is 0 Å². The third kappa shape index (κ3) is 2.82. The second kappa shape index (κ2) is 6.19. The van der Waals surface area contributed by atoms with Crippen LogP contribution in [-0.4, -0.2) is 28.3 Å². The number of hydrogen-bond acceptors (Lipinski definition) is 6. The molecule has 0 spiro atoms. The number of carbonyl (C=O) groups is 1. The third-order valence-corrected chi connectivity index (χ3v) is 4.21. The van der Waals surface area contributed by atoms with Crippen molar-refractivity contribution in [2.75, 3.05) is 7.11 Å². The molecule has 5 nitrogen and oxygen atoms in total. The third-order valence-electron chi connectivity index (χ3n) is 3.13. The predicted molar refractivity (Wildman–Crippen MR) is 84.6 cm³/mol. The first kappa shape index (κ1) is 14.6. The zero-order valence-electron chi connectivity index (χ0n) is 12.1. The van der Waals surface area contributed by atoms with E-state index in [9.17, 15) is 4.79 Å². The van der Waals surface area contributed by atoms with Crippen molar-refractivity contribution >= 4 is 28.6 Å². The first-order chi connectivity index (χ1) is 10.7. The lowest BCUT2D eigenvalue weighted by molar-refractivity contribution is -0.139. The monoisotopic (exact) mass is 314 g/mol. The highest BCUT2D eigenvalue weighted by molar-refractivity contribution is 8.00. The minimum absolute atomic E-state index is 0.285. The van der Waals surface area contributed by atoms with Crippen molar-refractivity contribution in [1.82, 2.24) is 9.97 Å². The number of para-hydroxylation sites is 1. The first-order valence-corrected chi connectivity index (χ1v) is 7.62. The second-order valence-electron chi connectivity index (χ2n) is 4.63. The summed E-state index contributed by atoms with van der Waals surface area (Å²) in [5.41, 5.74) is 0.809. The number of esters is 1. The lowest BCUT2D eigenvalue weighted by Crippen LogP contribution is -2.15. The largest absolute Gasteiger partial charge is 0.468 e. The lowest BCUT2D eigenvalue weighted by atomic mass is 10.2. The molecule has 3 aromatic rings. The number of ether oxygens (including phenoxy) is 1. The molecule has 0 unspecified atom stereocenters. The maximum atomic E-state index is 11.7. The van der Waals surface area contributed by atoms with Crippen molar-refractivity contribution in [2.24, 2.45) is 0 Å². The molecule has 0 N–H and O–H groups in total. The van der Waals surface area contributed by atoms with E-state index in [0.29, 0.717) is 11.6 Å². The minimum atomic E-state index is -0.354. The highest BCUT2D eigenvalue weighted by Crippen LogP contribution is 2.31. The molecular weight excluding hydrogens is 300 g/mol. The van der Waals surface area contributed by atoms with Crippen LogP contribution in [0, 0.1) is 0 Å². The molecule has 2 aromatic heterocycles. The van der Waals surface area contributed by atoms with Gasteiger partial charge < -0.3 is 9.15 Å². The van der Waals surface area contributed by atoms with E-state index in [-0.39, 0.29) is 11.2 Å². The van der Waals surface area contributed by atoms with Crippen LogP contribution in [0.25, 0.3) is 22.5 Å². The minimum Gasteiger partial charge on any atom is -0.468 e. The van der Waals surface area contributed by atoms with Gasteiger partial charge in [0.25, 0.3) is 0 Å². The molecule has 3 rings (SSSR count). The lowest BCUT2D eigenvalue weighted by Gasteiger charge is -2.11. The van der Waals surface area contributed by atoms with Crippen molar-refractivity contribution in [2.45, 2.75) is 17.2 Å². The molecule has 0 fully saturated rings. The Hall–Kier alpha value is -2.34. The maximum Gasteiger partial charge on any atom is 0.318 e. The van der Waals surface area contributed by atoms with Crippen LogP contribution in [0.1, 0.15) is 6.92 Å². The van der Waals surface area contributed by atoms with Gasteiger partial charge in [-0.05, 0) is 25.1 Å². The highest BCUT2D eigenvalue weighted by Gasteiger charge is 2.19. The molecule has 0 saturated heterocycles. The van der Waals surface area contributed by atoms with Gasteiger partial charge in [0, 0.05) is 5.39 Å². The molecule has 2 heterocycles. The van der Waals surface area contributed by atoms with Crippen molar-refractivity contribution in [3.63, 3.8) is 0 Å². The molecule has 0 saturated carbocycles. The van der Waals surface area contributed by atoms with Gasteiger partial charge in [-0.3, -0.25) is 4.79 Å². The smallest absolute Gasteiger partial charge is 0.318 e. The zero-order chi connectivity index (χ0) is 15.5. The van der Waals surface area contributed by atoms with Crippen LogP contribution in [0.3, 0.4) is 0 Å². The number of aromatic nitrogens is 2. The molecule has 112 valence electrons. The quantitative estimate of drug-likeness (QED) is 0.417. The van der Waals surface area contributed by atoms with E-state index < -0.39 is 0 Å². The molecule has 0 amide bonds. The van der Waals surface area contributed by atoms with Crippen LogP contribution in [-0.2, 0) is 9.53 Å². The summed E-state index contributed by atoms with van der Waals surface area (Å²) in [6, 6.07) is 11.3. The van der Waals surface area contributed by atoms with Gasteiger partial charge in [0.1, 0.15) is 10.3 Å². The van der Waals surface area contributed by atoms with Gasteiger partial charge in [0.2, 0.25) is 0 Å². The Labute approximate surface area is 131 Å². The number of hydrogen-bond donors (Lipinski definition) is 0. The normalized spacial score (nSPS) is 12.3. The summed E-state index contributed by atoms with van der Waals surface area (Å²) in [6.45, 7) is 1.79. The van der Waals surface area contributed by atoms with Crippen LogP contribution in [0.4, 0.5) is 0 Å². The molecule has 0 radical (unpaired) electrons. The van der Waals surface area contributed by atoms with E-state index >= 15 is 0 Å². The van der Waals surface area contributed by atoms with Gasteiger partial charge in [-0.25, -0.2) is 9.97 Å². The Morgan fingerprint density at radius 3 is 2.77 bits per heavy atom. The van der Waals surface area contributed by atoms with Crippen molar-refractivity contribution in [3.05, 3.63) is 42.7 Å². The number of carbonyl (C=O) groups excluding carboxylic acids is 1. The molecule has 0 aliphatic carbocycles. The summed E-state index contributed by atoms with van der Waals surface area (Å²) in [7, 11) is 1.38. The van der Waals surface area contributed by atoms with Gasteiger partial charge in [-0.2, -0.15) is 0 Å². The summed E-state index contributed by atoms with van der Waals surface area (Å²) in [4.78, 5) is 20.7. The average molecular weight is 314 g/mol. The Morgan fingerprint density at radius 1 is 1.23 bits per heavy atom. The fourth-order valence-corrected chi connectivity index (χ4v) is 3.00. The molecule has 1 aromatic carbocycles. The summed E-state index contributed by atoms with van der Waals surface area (Å²) in [6.07, 6.45) is 1.58. The van der Waals surface area contributed by atoms with Crippen molar-refractivity contribution in [1.29, 1.82) is 0 Å². The Morgan fingerprint density at radius 2 is 2.05 bits per heavy atom. The van der Waals surface area contributed by atoms with Gasteiger partial charge in [0.15, 0.2) is 11.6 Å². The topological polar surface area (TPSA) is 65.2 Å². The summed E-state index contributed by atoms with van der Waals surface area (Å²) < 4.78 is 10.1. The second-order valence-corrected chi connectivity index (χ2v) is 5.96. The number of furan rings is 1. The number of methoxy groups -OCH3 is 1. The highest BCUT2D eigenvalue weighted by atomic mass is 32.2. The Kier molecular flexibility index (Phi) is 4.11. The van der Waals surface area contributed by atoms with Gasteiger partial charge in [0.05, 0.1) is 18.9 Å². The van der Waals surface area contributed by atoms with Crippen molar-refractivity contribution in [3.8, 4) is 11.6 Å². The Balaban J connectivity index is 2.08. The summed E-state index contributed by atoms with van der Waals surface area (Å²) in [5.74, 6) is 0.814. The van der Waals surface area contributed by atoms with E-state index in [0.717, 1.165) is 15.9 Å². The molecule has 6 heteroatoms. The van der Waals surface area contributed by atoms with E-state index in [1.165, 1.54) is 18.9 Å². The molecule has 1 atom stereocenters. The van der Waals surface area contributed by atoms with Crippen LogP contribution in [0.15, 0.2) is 52.1 Å². The van der Waals surface area contributed by atoms with E-state index in [2.05, 4.69) is 9.97 Å². The van der Waals surface area contributed by atoms with Crippen molar-refractivity contribution < 1.29 is 13.9 Å². The number of fused-ring (bicyclic) bond motifs is 1. The summed E-state index contributed by atoms with van der Waals surface area (Å²) in [5, 5.41) is 1.28. The zero-order valence-corrected chi connectivity index (χ0v) is 13.0. The fraction of sp³-hybridized carbons (Fsp3) is 0.188. The molecule has 0 aliphatic heterocycles. The molecule has 0 aliphatic rings. The van der Waals surface area contributed by atoms with E-state index in [1.54, 1.807) is 19.3 Å². The van der Waals surface area contributed by atoms with Gasteiger partial charge in [-0.1, -0.05) is 30.0 Å². The average Bonchev–Trinajstić information content (AvgIpc) is 3.08. The fourth-order valence-electron chi connectivity index (χ4n) is 2.03.